The number of fused-ring (bicyclic) bond motifs is 1. The third kappa shape index (κ3) is 8.73. The molecule has 0 bridgehead atoms. The Kier molecular flexibility index (Phi) is 10.7. The highest BCUT2D eigenvalue weighted by Gasteiger charge is 2.31. The van der Waals surface area contributed by atoms with E-state index in [-0.39, 0.29) is 50.6 Å². The van der Waals surface area contributed by atoms with Crippen LogP contribution in [0.25, 0.3) is 0 Å². The van der Waals surface area contributed by atoms with Crippen molar-refractivity contribution in [2.75, 3.05) is 23.9 Å². The number of hydrogen-bond donors (Lipinski definition) is 1. The van der Waals surface area contributed by atoms with E-state index in [2.05, 4.69) is 5.32 Å². The number of sulfonamides is 1. The summed E-state index contributed by atoms with van der Waals surface area (Å²) in [7, 11) is -3.65. The minimum Gasteiger partial charge on any atom is -0.454 e. The molecule has 0 saturated carbocycles. The summed E-state index contributed by atoms with van der Waals surface area (Å²) in [4.78, 5) is 29.3. The van der Waals surface area contributed by atoms with Crippen LogP contribution in [0, 0.1) is 6.92 Å². The molecule has 43 heavy (non-hydrogen) atoms. The van der Waals surface area contributed by atoms with Gasteiger partial charge >= 0.3 is 0 Å². The third-order valence-electron chi connectivity index (χ3n) is 7.50. The number of hydrogen-bond acceptors (Lipinski definition) is 6. The molecule has 0 aromatic heterocycles. The van der Waals surface area contributed by atoms with Gasteiger partial charge in [0.2, 0.25) is 28.6 Å². The highest BCUT2D eigenvalue weighted by Crippen LogP contribution is 2.36. The zero-order valence-electron chi connectivity index (χ0n) is 25.3. The molecule has 0 spiro atoms. The fraction of sp³-hybridized carbons (Fsp3) is 0.394. The standard InChI is InChI=1S/C33H41N3O6S/c1-5-25(3)34-33(38)29(20-26-12-7-6-8-13-26)35(22-27-14-9-11-24(2)19-27)32(37)15-10-18-36(43(4,39)40)28-16-17-30-31(21-28)42-23-41-30/h6-9,11-14,16-17,19,21,25,29H,5,10,15,18,20,22-23H2,1-4H3,(H,34,38). The van der Waals surface area contributed by atoms with Crippen molar-refractivity contribution >= 4 is 27.5 Å². The number of amides is 2. The Bertz CT molecular complexity index is 1510. The maximum atomic E-state index is 14.0. The van der Waals surface area contributed by atoms with Gasteiger partial charge in [-0.05, 0) is 49.9 Å². The molecule has 9 nitrogen and oxygen atoms in total. The van der Waals surface area contributed by atoms with Gasteiger partial charge in [0, 0.05) is 38.0 Å². The second kappa shape index (κ2) is 14.4. The minimum absolute atomic E-state index is 0.0493. The largest absolute Gasteiger partial charge is 0.454 e. The summed E-state index contributed by atoms with van der Waals surface area (Å²) in [5, 5.41) is 3.08. The normalized spacial score (nSPS) is 13.7. The molecule has 0 aliphatic carbocycles. The lowest BCUT2D eigenvalue weighted by Crippen LogP contribution is -2.52. The van der Waals surface area contributed by atoms with Gasteiger partial charge in [-0.15, -0.1) is 0 Å². The Morgan fingerprint density at radius 3 is 2.37 bits per heavy atom. The molecule has 3 aromatic rings. The van der Waals surface area contributed by atoms with E-state index >= 15 is 0 Å². The molecule has 3 aromatic carbocycles. The van der Waals surface area contributed by atoms with E-state index in [4.69, 9.17) is 9.47 Å². The first kappa shape index (κ1) is 31.9. The lowest BCUT2D eigenvalue weighted by molar-refractivity contribution is -0.141. The molecule has 0 radical (unpaired) electrons. The van der Waals surface area contributed by atoms with Gasteiger partial charge < -0.3 is 19.7 Å². The number of benzene rings is 3. The molecule has 0 fully saturated rings. The van der Waals surface area contributed by atoms with Crippen molar-refractivity contribution in [1.29, 1.82) is 0 Å². The fourth-order valence-electron chi connectivity index (χ4n) is 5.05. The third-order valence-corrected chi connectivity index (χ3v) is 8.70. The van der Waals surface area contributed by atoms with Crippen LogP contribution in [0.15, 0.2) is 72.8 Å². The molecule has 1 aliphatic heterocycles. The SMILES string of the molecule is CCC(C)NC(=O)C(Cc1ccccc1)N(Cc1cccc(C)c1)C(=O)CCCN(c1ccc2c(c1)OCO2)S(C)(=O)=O. The van der Waals surface area contributed by atoms with Gasteiger partial charge in [0.05, 0.1) is 11.9 Å². The predicted molar refractivity (Wildman–Crippen MR) is 168 cm³/mol. The van der Waals surface area contributed by atoms with Crippen LogP contribution >= 0.6 is 0 Å². The fourth-order valence-corrected chi connectivity index (χ4v) is 6.00. The minimum atomic E-state index is -3.65. The van der Waals surface area contributed by atoms with Crippen LogP contribution in [-0.4, -0.2) is 56.8 Å². The lowest BCUT2D eigenvalue weighted by Gasteiger charge is -2.33. The molecular weight excluding hydrogens is 566 g/mol. The first-order chi connectivity index (χ1) is 20.5. The smallest absolute Gasteiger partial charge is 0.243 e. The number of rotatable bonds is 14. The molecule has 230 valence electrons. The number of carbonyl (C=O) groups is 2. The summed E-state index contributed by atoms with van der Waals surface area (Å²) in [5.74, 6) is 0.597. The molecule has 0 saturated heterocycles. The number of aryl methyl sites for hydroxylation is 1. The molecule has 2 atom stereocenters. The van der Waals surface area contributed by atoms with Crippen molar-refractivity contribution in [2.24, 2.45) is 0 Å². The summed E-state index contributed by atoms with van der Waals surface area (Å²) in [6.07, 6.45) is 2.57. The Labute approximate surface area is 254 Å². The summed E-state index contributed by atoms with van der Waals surface area (Å²) >= 11 is 0. The van der Waals surface area contributed by atoms with Crippen molar-refractivity contribution < 1.29 is 27.5 Å². The molecular formula is C33H41N3O6S. The van der Waals surface area contributed by atoms with Gasteiger partial charge in [-0.1, -0.05) is 67.1 Å². The molecule has 1 aliphatic rings. The zero-order valence-corrected chi connectivity index (χ0v) is 26.1. The topological polar surface area (TPSA) is 105 Å². The zero-order chi connectivity index (χ0) is 31.0. The molecule has 1 N–H and O–H groups in total. The first-order valence-electron chi connectivity index (χ1n) is 14.6. The highest BCUT2D eigenvalue weighted by molar-refractivity contribution is 7.92. The van der Waals surface area contributed by atoms with Crippen LogP contribution < -0.4 is 19.1 Å². The van der Waals surface area contributed by atoms with E-state index in [0.717, 1.165) is 29.4 Å². The van der Waals surface area contributed by atoms with Crippen molar-refractivity contribution in [2.45, 2.75) is 65.1 Å². The number of ether oxygens (including phenoxy) is 2. The van der Waals surface area contributed by atoms with Gasteiger partial charge in [0.15, 0.2) is 11.5 Å². The Morgan fingerprint density at radius 1 is 0.953 bits per heavy atom. The summed E-state index contributed by atoms with van der Waals surface area (Å²) in [6.45, 7) is 6.36. The Hall–Kier alpha value is -4.05. The highest BCUT2D eigenvalue weighted by atomic mass is 32.2. The van der Waals surface area contributed by atoms with Crippen LogP contribution in [0.3, 0.4) is 0 Å². The van der Waals surface area contributed by atoms with E-state index in [9.17, 15) is 18.0 Å². The Morgan fingerprint density at radius 2 is 1.67 bits per heavy atom. The quantitative estimate of drug-likeness (QED) is 0.282. The average molecular weight is 608 g/mol. The summed E-state index contributed by atoms with van der Waals surface area (Å²) in [5.41, 5.74) is 3.35. The molecule has 4 rings (SSSR count). The molecule has 2 amide bonds. The van der Waals surface area contributed by atoms with Crippen LogP contribution in [-0.2, 0) is 32.6 Å². The van der Waals surface area contributed by atoms with Crippen LogP contribution in [0.5, 0.6) is 11.5 Å². The molecule has 2 unspecified atom stereocenters. The monoisotopic (exact) mass is 607 g/mol. The molecule has 1 heterocycles. The van der Waals surface area contributed by atoms with Gasteiger partial charge in [0.1, 0.15) is 6.04 Å². The second-order valence-electron chi connectivity index (χ2n) is 11.0. The van der Waals surface area contributed by atoms with E-state index in [1.807, 2.05) is 75.4 Å². The van der Waals surface area contributed by atoms with Crippen molar-refractivity contribution in [3.8, 4) is 11.5 Å². The lowest BCUT2D eigenvalue weighted by atomic mass is 10.0. The van der Waals surface area contributed by atoms with Gasteiger partial charge in [-0.2, -0.15) is 0 Å². The number of anilines is 1. The van der Waals surface area contributed by atoms with E-state index < -0.39 is 16.1 Å². The van der Waals surface area contributed by atoms with Crippen LogP contribution in [0.2, 0.25) is 0 Å². The van der Waals surface area contributed by atoms with Crippen molar-refractivity contribution in [3.05, 3.63) is 89.5 Å². The number of nitrogens with one attached hydrogen (secondary N) is 1. The first-order valence-corrected chi connectivity index (χ1v) is 16.5. The maximum absolute atomic E-state index is 14.0. The van der Waals surface area contributed by atoms with Gasteiger partial charge in [-0.25, -0.2) is 8.42 Å². The summed E-state index contributed by atoms with van der Waals surface area (Å²) in [6, 6.07) is 21.7. The number of carbonyl (C=O) groups excluding carboxylic acids is 2. The predicted octanol–water partition coefficient (Wildman–Crippen LogP) is 4.82. The van der Waals surface area contributed by atoms with E-state index in [1.165, 1.54) is 4.31 Å². The molecule has 10 heteroatoms. The van der Waals surface area contributed by atoms with E-state index in [1.54, 1.807) is 23.1 Å². The van der Waals surface area contributed by atoms with Crippen molar-refractivity contribution in [1.82, 2.24) is 10.2 Å². The van der Waals surface area contributed by atoms with Crippen LogP contribution in [0.1, 0.15) is 49.8 Å². The number of nitrogens with zero attached hydrogens (tertiary/aromatic N) is 2. The maximum Gasteiger partial charge on any atom is 0.243 e. The second-order valence-corrected chi connectivity index (χ2v) is 12.9. The van der Waals surface area contributed by atoms with Gasteiger partial charge in [-0.3, -0.25) is 13.9 Å². The van der Waals surface area contributed by atoms with Crippen LogP contribution in [0.4, 0.5) is 5.69 Å². The van der Waals surface area contributed by atoms with Gasteiger partial charge in [0.25, 0.3) is 0 Å². The van der Waals surface area contributed by atoms with E-state index in [0.29, 0.717) is 23.6 Å². The Balaban J connectivity index is 1.58. The average Bonchev–Trinajstić information content (AvgIpc) is 3.45. The van der Waals surface area contributed by atoms with Crippen molar-refractivity contribution in [3.63, 3.8) is 0 Å². The summed E-state index contributed by atoms with van der Waals surface area (Å²) < 4.78 is 37.6.